The van der Waals surface area contributed by atoms with Gasteiger partial charge in [-0.1, -0.05) is 30.6 Å². The number of anilines is 1. The van der Waals surface area contributed by atoms with Gasteiger partial charge in [-0.25, -0.2) is 9.97 Å². The molecule has 0 fully saturated rings. The lowest BCUT2D eigenvalue weighted by atomic mass is 10.1. The van der Waals surface area contributed by atoms with Gasteiger partial charge in [-0.05, 0) is 19.8 Å². The van der Waals surface area contributed by atoms with E-state index in [0.717, 1.165) is 28.4 Å². The topological polar surface area (TPSA) is 63.8 Å². The third kappa shape index (κ3) is 2.87. The molecule has 0 saturated carbocycles. The van der Waals surface area contributed by atoms with Crippen molar-refractivity contribution >= 4 is 17.4 Å². The van der Waals surface area contributed by atoms with Crippen LogP contribution in [0.5, 0.6) is 0 Å². The van der Waals surface area contributed by atoms with Crippen LogP contribution in [0.3, 0.4) is 0 Å². The summed E-state index contributed by atoms with van der Waals surface area (Å²) in [5.74, 6) is 1.83. The summed E-state index contributed by atoms with van der Waals surface area (Å²) in [4.78, 5) is 8.29. The summed E-state index contributed by atoms with van der Waals surface area (Å²) in [6.45, 7) is 8.54. The maximum atomic E-state index is 6.13. The van der Waals surface area contributed by atoms with Crippen molar-refractivity contribution in [1.29, 1.82) is 0 Å². The van der Waals surface area contributed by atoms with E-state index in [4.69, 9.17) is 16.1 Å². The van der Waals surface area contributed by atoms with E-state index in [1.807, 2.05) is 13.8 Å². The molecule has 5 nitrogen and oxygen atoms in total. The number of halogens is 1. The number of nitrogens with one attached hydrogen (secondary N) is 1. The second-order valence-corrected chi connectivity index (χ2v) is 5.10. The fourth-order valence-electron chi connectivity index (χ4n) is 1.95. The van der Waals surface area contributed by atoms with Crippen LogP contribution in [0.1, 0.15) is 42.3 Å². The van der Waals surface area contributed by atoms with Gasteiger partial charge in [0, 0.05) is 17.7 Å². The molecular formula is C13H17ClN4O. The van der Waals surface area contributed by atoms with E-state index in [2.05, 4.69) is 34.3 Å². The van der Waals surface area contributed by atoms with Crippen molar-refractivity contribution < 1.29 is 4.52 Å². The first-order valence-corrected chi connectivity index (χ1v) is 6.54. The van der Waals surface area contributed by atoms with Gasteiger partial charge < -0.3 is 9.84 Å². The molecule has 0 aliphatic rings. The molecule has 0 aliphatic carbocycles. The molecule has 1 N–H and O–H groups in total. The molecule has 102 valence electrons. The Morgan fingerprint density at radius 3 is 2.63 bits per heavy atom. The molecule has 0 aliphatic heterocycles. The highest BCUT2D eigenvalue weighted by molar-refractivity contribution is 6.30. The Bertz CT molecular complexity index is 561. The van der Waals surface area contributed by atoms with Crippen LogP contribution < -0.4 is 5.32 Å². The van der Waals surface area contributed by atoms with Gasteiger partial charge in [0.1, 0.15) is 23.1 Å². The van der Waals surface area contributed by atoms with Crippen molar-refractivity contribution in [3.05, 3.63) is 34.1 Å². The van der Waals surface area contributed by atoms with Gasteiger partial charge in [-0.15, -0.1) is 0 Å². The van der Waals surface area contributed by atoms with Gasteiger partial charge in [0.25, 0.3) is 0 Å². The summed E-state index contributed by atoms with van der Waals surface area (Å²) in [5, 5.41) is 7.71. The largest absolute Gasteiger partial charge is 0.365 e. The maximum absolute atomic E-state index is 6.13. The van der Waals surface area contributed by atoms with Gasteiger partial charge in [0.2, 0.25) is 0 Å². The minimum Gasteiger partial charge on any atom is -0.365 e. The Morgan fingerprint density at radius 2 is 2.05 bits per heavy atom. The third-order valence-electron chi connectivity index (χ3n) is 3.03. The molecule has 0 radical (unpaired) electrons. The Labute approximate surface area is 117 Å². The quantitative estimate of drug-likeness (QED) is 0.869. The zero-order valence-corrected chi connectivity index (χ0v) is 12.2. The number of hydrogen-bond donors (Lipinski definition) is 1. The van der Waals surface area contributed by atoms with Gasteiger partial charge in [0.15, 0.2) is 0 Å². The summed E-state index contributed by atoms with van der Waals surface area (Å²) in [6, 6.07) is 0. The predicted octanol–water partition coefficient (Wildman–Crippen LogP) is 3.47. The second kappa shape index (κ2) is 5.57. The average Bonchev–Trinajstić information content (AvgIpc) is 2.66. The number of nitrogens with zero attached hydrogens (tertiary/aromatic N) is 3. The van der Waals surface area contributed by atoms with E-state index >= 15 is 0 Å². The molecule has 0 atom stereocenters. The van der Waals surface area contributed by atoms with Gasteiger partial charge >= 0.3 is 0 Å². The monoisotopic (exact) mass is 280 g/mol. The molecule has 2 aromatic rings. The molecule has 0 aromatic carbocycles. The van der Waals surface area contributed by atoms with Crippen LogP contribution in [0.15, 0.2) is 10.9 Å². The van der Waals surface area contributed by atoms with Crippen LogP contribution in [0.25, 0.3) is 0 Å². The molecule has 2 aromatic heterocycles. The molecule has 2 heterocycles. The summed E-state index contributed by atoms with van der Waals surface area (Å²) in [5.41, 5.74) is 2.86. The van der Waals surface area contributed by atoms with Crippen LogP contribution in [0.2, 0.25) is 5.15 Å². The van der Waals surface area contributed by atoms with Crippen molar-refractivity contribution in [2.24, 2.45) is 0 Å². The standard InChI is InChI=1S/C13H17ClN4O/c1-7(2)11-12(14)16-6-17-13(11)15-5-10-8(3)18-19-9(10)4/h6-7H,5H2,1-4H3,(H,15,16,17). The normalized spacial score (nSPS) is 11.1. The molecule has 0 unspecified atom stereocenters. The zero-order chi connectivity index (χ0) is 14.0. The SMILES string of the molecule is Cc1noc(C)c1CNc1ncnc(Cl)c1C(C)C. The summed E-state index contributed by atoms with van der Waals surface area (Å²) in [7, 11) is 0. The lowest BCUT2D eigenvalue weighted by Crippen LogP contribution is -2.08. The van der Waals surface area contributed by atoms with E-state index in [0.29, 0.717) is 11.7 Å². The molecule has 0 amide bonds. The Kier molecular flexibility index (Phi) is 4.04. The number of rotatable bonds is 4. The summed E-state index contributed by atoms with van der Waals surface area (Å²) >= 11 is 6.13. The summed E-state index contributed by atoms with van der Waals surface area (Å²) in [6.07, 6.45) is 1.46. The van der Waals surface area contributed by atoms with Crippen LogP contribution in [0.4, 0.5) is 5.82 Å². The van der Waals surface area contributed by atoms with Crippen LogP contribution >= 0.6 is 11.6 Å². The number of hydrogen-bond acceptors (Lipinski definition) is 5. The molecule has 0 saturated heterocycles. The number of aryl methyl sites for hydroxylation is 2. The average molecular weight is 281 g/mol. The van der Waals surface area contributed by atoms with Gasteiger partial charge in [-0.3, -0.25) is 0 Å². The fraction of sp³-hybridized carbons (Fsp3) is 0.462. The van der Waals surface area contributed by atoms with Crippen molar-refractivity contribution in [2.75, 3.05) is 5.32 Å². The van der Waals surface area contributed by atoms with Crippen molar-refractivity contribution in [3.8, 4) is 0 Å². The summed E-state index contributed by atoms with van der Waals surface area (Å²) < 4.78 is 5.14. The predicted molar refractivity (Wildman–Crippen MR) is 74.4 cm³/mol. The van der Waals surface area contributed by atoms with Gasteiger partial charge in [0.05, 0.1) is 5.69 Å². The van der Waals surface area contributed by atoms with Crippen LogP contribution in [-0.2, 0) is 6.54 Å². The first kappa shape index (κ1) is 13.8. The molecule has 2 rings (SSSR count). The van der Waals surface area contributed by atoms with E-state index in [9.17, 15) is 0 Å². The zero-order valence-electron chi connectivity index (χ0n) is 11.5. The first-order valence-electron chi connectivity index (χ1n) is 6.16. The van der Waals surface area contributed by atoms with Crippen molar-refractivity contribution in [2.45, 2.75) is 40.2 Å². The third-order valence-corrected chi connectivity index (χ3v) is 3.33. The highest BCUT2D eigenvalue weighted by Crippen LogP contribution is 2.28. The Morgan fingerprint density at radius 1 is 1.32 bits per heavy atom. The van der Waals surface area contributed by atoms with Crippen molar-refractivity contribution in [3.63, 3.8) is 0 Å². The van der Waals surface area contributed by atoms with Crippen LogP contribution in [-0.4, -0.2) is 15.1 Å². The molecule has 6 heteroatoms. The molecule has 0 bridgehead atoms. The van der Waals surface area contributed by atoms with E-state index < -0.39 is 0 Å². The molecule has 19 heavy (non-hydrogen) atoms. The van der Waals surface area contributed by atoms with Gasteiger partial charge in [-0.2, -0.15) is 0 Å². The van der Waals surface area contributed by atoms with Crippen LogP contribution in [0, 0.1) is 13.8 Å². The first-order chi connectivity index (χ1) is 9.00. The highest BCUT2D eigenvalue weighted by Gasteiger charge is 2.15. The molecule has 0 spiro atoms. The number of aromatic nitrogens is 3. The Balaban J connectivity index is 2.23. The minimum absolute atomic E-state index is 0.251. The molecular weight excluding hydrogens is 264 g/mol. The highest BCUT2D eigenvalue weighted by atomic mass is 35.5. The lowest BCUT2D eigenvalue weighted by molar-refractivity contribution is 0.392. The maximum Gasteiger partial charge on any atom is 0.138 e. The minimum atomic E-state index is 0.251. The lowest BCUT2D eigenvalue weighted by Gasteiger charge is -2.14. The smallest absolute Gasteiger partial charge is 0.138 e. The van der Waals surface area contributed by atoms with E-state index in [-0.39, 0.29) is 5.92 Å². The Hall–Kier alpha value is -1.62. The van der Waals surface area contributed by atoms with Crippen molar-refractivity contribution in [1.82, 2.24) is 15.1 Å². The fourth-order valence-corrected chi connectivity index (χ4v) is 2.30. The van der Waals surface area contributed by atoms with E-state index in [1.165, 1.54) is 6.33 Å². The second-order valence-electron chi connectivity index (χ2n) is 4.74. The van der Waals surface area contributed by atoms with E-state index in [1.54, 1.807) is 0 Å².